The first-order chi connectivity index (χ1) is 7.94. The topological polar surface area (TPSA) is 9.23 Å². The van der Waals surface area contributed by atoms with E-state index in [1.807, 2.05) is 0 Å². The van der Waals surface area contributed by atoms with Gasteiger partial charge in [-0.05, 0) is 49.3 Å². The molecule has 0 atom stereocenters. The first kappa shape index (κ1) is 11.5. The van der Waals surface area contributed by atoms with Crippen molar-refractivity contribution in [2.75, 3.05) is 6.61 Å². The number of rotatable bonds is 4. The molecule has 1 heteroatoms. The monoisotopic (exact) mass is 221 g/mol. The predicted molar refractivity (Wildman–Crippen MR) is 70.1 cm³/mol. The fourth-order valence-corrected chi connectivity index (χ4v) is 1.60. The van der Waals surface area contributed by atoms with Crippen molar-refractivity contribution in [3.63, 3.8) is 0 Å². The van der Waals surface area contributed by atoms with Gasteiger partial charge in [0.05, 0.1) is 6.61 Å². The summed E-state index contributed by atoms with van der Waals surface area (Å²) in [6, 6.07) is 6.29. The van der Waals surface area contributed by atoms with Gasteiger partial charge in [-0.3, -0.25) is 0 Å². The van der Waals surface area contributed by atoms with Crippen LogP contribution in [-0.2, 0) is 0 Å². The van der Waals surface area contributed by atoms with Crippen molar-refractivity contribution in [3.8, 4) is 5.75 Å². The molecule has 1 rings (SSSR count). The van der Waals surface area contributed by atoms with E-state index in [-0.39, 0.29) is 5.41 Å². The summed E-state index contributed by atoms with van der Waals surface area (Å²) in [5, 5.41) is 0. The summed E-state index contributed by atoms with van der Waals surface area (Å²) < 4.78 is 13.2. The Morgan fingerprint density at radius 1 is 1.31 bits per heavy atom. The molecule has 0 aliphatic heterocycles. The third-order valence-corrected chi connectivity index (χ3v) is 2.60. The van der Waals surface area contributed by atoms with Crippen molar-refractivity contribution in [2.45, 2.75) is 47.4 Å². The number of hydrogen-bond donors (Lipinski definition) is 0. The highest BCUT2D eigenvalue weighted by Gasteiger charge is 2.09. The molecule has 0 radical (unpaired) electrons. The SMILES string of the molecule is [2H]CC(C)(C)CCCOc1cc(C)ccc1C. The Morgan fingerprint density at radius 3 is 2.75 bits per heavy atom. The van der Waals surface area contributed by atoms with Crippen LogP contribution in [0.2, 0.25) is 0 Å². The van der Waals surface area contributed by atoms with E-state index in [0.717, 1.165) is 25.2 Å². The summed E-state index contributed by atoms with van der Waals surface area (Å²) in [4.78, 5) is 0. The maximum atomic E-state index is 7.43. The second-order valence-electron chi connectivity index (χ2n) is 5.39. The molecule has 90 valence electrons. The normalized spacial score (nSPS) is 12.4. The zero-order chi connectivity index (χ0) is 12.9. The maximum absolute atomic E-state index is 7.43. The molecule has 0 spiro atoms. The zero-order valence-electron chi connectivity index (χ0n) is 12.0. The van der Waals surface area contributed by atoms with Gasteiger partial charge in [0, 0.05) is 1.37 Å². The molecular formula is C15H24O. The van der Waals surface area contributed by atoms with Gasteiger partial charge in [-0.2, -0.15) is 0 Å². The first-order valence-electron chi connectivity index (χ1n) is 6.65. The minimum absolute atomic E-state index is 0.116. The average Bonchev–Trinajstić information content (AvgIpc) is 2.29. The standard InChI is InChI=1S/C15H24O/c1-12-7-8-13(2)14(11-12)16-10-6-9-15(3,4)5/h7-8,11H,6,9-10H2,1-5H3/i3D. The van der Waals surface area contributed by atoms with Crippen molar-refractivity contribution in [1.29, 1.82) is 0 Å². The highest BCUT2D eigenvalue weighted by atomic mass is 16.5. The Morgan fingerprint density at radius 2 is 2.06 bits per heavy atom. The van der Waals surface area contributed by atoms with Crippen molar-refractivity contribution >= 4 is 0 Å². The van der Waals surface area contributed by atoms with Gasteiger partial charge in [-0.1, -0.05) is 32.9 Å². The smallest absolute Gasteiger partial charge is 0.122 e. The lowest BCUT2D eigenvalue weighted by molar-refractivity contribution is 0.268. The van der Waals surface area contributed by atoms with Crippen LogP contribution in [0.3, 0.4) is 0 Å². The van der Waals surface area contributed by atoms with Crippen molar-refractivity contribution in [3.05, 3.63) is 29.3 Å². The van der Waals surface area contributed by atoms with Crippen LogP contribution in [0.4, 0.5) is 0 Å². The molecule has 0 amide bonds. The van der Waals surface area contributed by atoms with Crippen molar-refractivity contribution < 1.29 is 6.11 Å². The van der Waals surface area contributed by atoms with Gasteiger partial charge in [-0.15, -0.1) is 0 Å². The number of ether oxygens (including phenoxy) is 1. The fraction of sp³-hybridized carbons (Fsp3) is 0.600. The number of benzene rings is 1. The Bertz CT molecular complexity index is 358. The quantitative estimate of drug-likeness (QED) is 0.680. The molecule has 0 N–H and O–H groups in total. The highest BCUT2D eigenvalue weighted by molar-refractivity contribution is 5.35. The van der Waals surface area contributed by atoms with E-state index in [1.165, 1.54) is 11.1 Å². The molecule has 0 heterocycles. The largest absolute Gasteiger partial charge is 0.493 e. The molecule has 0 aliphatic carbocycles. The van der Waals surface area contributed by atoms with Crippen LogP contribution in [0.1, 0.15) is 46.1 Å². The summed E-state index contributed by atoms with van der Waals surface area (Å²) in [7, 11) is 0. The van der Waals surface area contributed by atoms with E-state index in [9.17, 15) is 0 Å². The second-order valence-corrected chi connectivity index (χ2v) is 5.39. The van der Waals surface area contributed by atoms with E-state index in [0.29, 0.717) is 6.90 Å². The third-order valence-electron chi connectivity index (χ3n) is 2.60. The molecule has 16 heavy (non-hydrogen) atoms. The fourth-order valence-electron chi connectivity index (χ4n) is 1.60. The molecule has 0 aromatic heterocycles. The second kappa shape index (κ2) is 5.38. The number of aryl methyl sites for hydroxylation is 2. The summed E-state index contributed by atoms with van der Waals surface area (Å²) in [6.45, 7) is 9.65. The van der Waals surface area contributed by atoms with Crippen molar-refractivity contribution in [1.82, 2.24) is 0 Å². The molecule has 0 fully saturated rings. The maximum Gasteiger partial charge on any atom is 0.122 e. The van der Waals surface area contributed by atoms with Crippen LogP contribution >= 0.6 is 0 Å². The van der Waals surface area contributed by atoms with Gasteiger partial charge < -0.3 is 4.74 Å². The van der Waals surface area contributed by atoms with Crippen LogP contribution in [0.25, 0.3) is 0 Å². The van der Waals surface area contributed by atoms with E-state index in [4.69, 9.17) is 6.11 Å². The van der Waals surface area contributed by atoms with E-state index in [2.05, 4.69) is 45.9 Å². The van der Waals surface area contributed by atoms with Crippen LogP contribution in [0.5, 0.6) is 5.75 Å². The summed E-state index contributed by atoms with van der Waals surface area (Å²) in [6.07, 6.45) is 2.06. The third kappa shape index (κ3) is 4.69. The van der Waals surface area contributed by atoms with Gasteiger partial charge in [0.1, 0.15) is 5.75 Å². The minimum Gasteiger partial charge on any atom is -0.493 e. The lowest BCUT2D eigenvalue weighted by Crippen LogP contribution is -2.08. The molecule has 0 aliphatic rings. The molecule has 0 bridgehead atoms. The van der Waals surface area contributed by atoms with Gasteiger partial charge in [0.15, 0.2) is 0 Å². The summed E-state index contributed by atoms with van der Waals surface area (Å²) in [5.74, 6) is 0.994. The average molecular weight is 221 g/mol. The summed E-state index contributed by atoms with van der Waals surface area (Å²) in [5.41, 5.74) is 2.54. The van der Waals surface area contributed by atoms with Crippen LogP contribution in [-0.4, -0.2) is 6.61 Å². The highest BCUT2D eigenvalue weighted by Crippen LogP contribution is 2.22. The summed E-state index contributed by atoms with van der Waals surface area (Å²) >= 11 is 0. The lowest BCUT2D eigenvalue weighted by Gasteiger charge is -2.18. The molecule has 1 aromatic carbocycles. The molecule has 1 nitrogen and oxygen atoms in total. The Labute approximate surface area is 101 Å². The molecule has 1 aromatic rings. The van der Waals surface area contributed by atoms with Gasteiger partial charge in [-0.25, -0.2) is 0 Å². The molecule has 0 unspecified atom stereocenters. The molecular weight excluding hydrogens is 196 g/mol. The van der Waals surface area contributed by atoms with E-state index < -0.39 is 0 Å². The van der Waals surface area contributed by atoms with Gasteiger partial charge >= 0.3 is 0 Å². The number of hydrogen-bond acceptors (Lipinski definition) is 1. The predicted octanol–water partition coefficient (Wildman–Crippen LogP) is 4.51. The van der Waals surface area contributed by atoms with Gasteiger partial charge in [0.2, 0.25) is 0 Å². The Kier molecular flexibility index (Phi) is 3.87. The first-order valence-corrected chi connectivity index (χ1v) is 5.94. The van der Waals surface area contributed by atoms with Crippen LogP contribution < -0.4 is 4.74 Å². The molecule has 0 saturated carbocycles. The zero-order valence-corrected chi connectivity index (χ0v) is 11.0. The van der Waals surface area contributed by atoms with Crippen LogP contribution in [0.15, 0.2) is 18.2 Å². The van der Waals surface area contributed by atoms with E-state index >= 15 is 0 Å². The lowest BCUT2D eigenvalue weighted by atomic mass is 9.91. The Hall–Kier alpha value is -0.980. The molecule has 0 saturated heterocycles. The minimum atomic E-state index is 0.116. The Balaban J connectivity index is 2.38. The van der Waals surface area contributed by atoms with E-state index in [1.54, 1.807) is 0 Å². The van der Waals surface area contributed by atoms with Gasteiger partial charge in [0.25, 0.3) is 0 Å². The van der Waals surface area contributed by atoms with Crippen molar-refractivity contribution in [2.24, 2.45) is 5.41 Å². The van der Waals surface area contributed by atoms with Crippen LogP contribution in [0, 0.1) is 19.3 Å².